The zero-order valence-electron chi connectivity index (χ0n) is 25.4. The van der Waals surface area contributed by atoms with Crippen molar-refractivity contribution in [3.8, 4) is 6.19 Å². The molecule has 1 aliphatic heterocycles. The number of hydrogen-bond acceptors (Lipinski definition) is 7. The molecular weight excluding hydrogens is 585 g/mol. The van der Waals surface area contributed by atoms with Gasteiger partial charge >= 0.3 is 0 Å². The summed E-state index contributed by atoms with van der Waals surface area (Å²) in [5, 5.41) is 37.5. The average molecular weight is 627 g/mol. The number of hydrogen-bond donors (Lipinski definition) is 4. The van der Waals surface area contributed by atoms with Crippen molar-refractivity contribution in [1.82, 2.24) is 15.5 Å². The van der Waals surface area contributed by atoms with Gasteiger partial charge in [-0.1, -0.05) is 62.2 Å². The Morgan fingerprint density at radius 3 is 2.51 bits per heavy atom. The first kappa shape index (κ1) is 33.9. The molecule has 0 spiro atoms. The number of rotatable bonds is 11. The van der Waals surface area contributed by atoms with Crippen molar-refractivity contribution in [1.29, 1.82) is 5.26 Å². The molecule has 0 aromatic heterocycles. The summed E-state index contributed by atoms with van der Waals surface area (Å²) in [6, 6.07) is 12.7. The van der Waals surface area contributed by atoms with Crippen LogP contribution in [0.25, 0.3) is 0 Å². The van der Waals surface area contributed by atoms with E-state index in [0.717, 1.165) is 36.4 Å². The molecule has 2 atom stereocenters. The van der Waals surface area contributed by atoms with Crippen molar-refractivity contribution in [2.24, 2.45) is 9.98 Å². The number of nitrogens with zero attached hydrogens (tertiary/aromatic N) is 5. The van der Waals surface area contributed by atoms with Gasteiger partial charge in [0.15, 0.2) is 18.6 Å². The molecule has 2 aromatic carbocycles. The summed E-state index contributed by atoms with van der Waals surface area (Å²) in [7, 11) is 1.75. The summed E-state index contributed by atoms with van der Waals surface area (Å²) < 4.78 is 0. The summed E-state index contributed by atoms with van der Waals surface area (Å²) in [4.78, 5) is 13.5. The molecule has 0 radical (unpaired) electrons. The molecule has 1 heterocycles. The molecule has 0 saturated carbocycles. The van der Waals surface area contributed by atoms with E-state index in [1.54, 1.807) is 30.1 Å². The molecule has 2 aromatic rings. The van der Waals surface area contributed by atoms with Crippen LogP contribution in [0.5, 0.6) is 0 Å². The van der Waals surface area contributed by atoms with Crippen LogP contribution < -0.4 is 15.5 Å². The third-order valence-corrected chi connectivity index (χ3v) is 7.76. The Kier molecular flexibility index (Phi) is 12.9. The molecule has 4 N–H and O–H groups in total. The van der Waals surface area contributed by atoms with E-state index in [9.17, 15) is 15.5 Å². The minimum absolute atomic E-state index is 0.0762. The van der Waals surface area contributed by atoms with Crippen LogP contribution in [-0.4, -0.2) is 65.9 Å². The van der Waals surface area contributed by atoms with Gasteiger partial charge < -0.3 is 25.3 Å². The lowest BCUT2D eigenvalue weighted by Crippen LogP contribution is -2.42. The maximum atomic E-state index is 11.5. The summed E-state index contributed by atoms with van der Waals surface area (Å²) >= 11 is 13.0. The molecule has 230 valence electrons. The Labute approximate surface area is 264 Å². The number of likely N-dealkylation sites (N-methyl/N-ethyl adjacent to an activating group) is 1. The van der Waals surface area contributed by atoms with Gasteiger partial charge in [0, 0.05) is 58.4 Å². The van der Waals surface area contributed by atoms with Crippen molar-refractivity contribution >= 4 is 40.6 Å². The quantitative estimate of drug-likeness (QED) is 0.0840. The normalized spacial score (nSPS) is 17.8. The van der Waals surface area contributed by atoms with Crippen molar-refractivity contribution in [3.05, 3.63) is 86.7 Å². The summed E-state index contributed by atoms with van der Waals surface area (Å²) in [6.45, 7) is 9.69. The highest BCUT2D eigenvalue weighted by atomic mass is 35.5. The van der Waals surface area contributed by atoms with Gasteiger partial charge in [0.25, 0.3) is 0 Å². The van der Waals surface area contributed by atoms with Crippen molar-refractivity contribution < 1.29 is 10.2 Å². The van der Waals surface area contributed by atoms with Gasteiger partial charge in [-0.2, -0.15) is 5.26 Å². The second-order valence-electron chi connectivity index (χ2n) is 10.1. The second-order valence-corrected chi connectivity index (χ2v) is 11.0. The Bertz CT molecular complexity index is 1430. The van der Waals surface area contributed by atoms with Gasteiger partial charge in [0.05, 0.1) is 12.3 Å². The van der Waals surface area contributed by atoms with Gasteiger partial charge in [-0.3, -0.25) is 10.3 Å². The monoisotopic (exact) mass is 625 g/mol. The molecule has 2 unspecified atom stereocenters. The van der Waals surface area contributed by atoms with Gasteiger partial charge in [-0.05, 0) is 62.1 Å². The Hall–Kier alpha value is -3.55. The molecule has 0 aliphatic carbocycles. The molecule has 0 amide bonds. The Morgan fingerprint density at radius 2 is 1.88 bits per heavy atom. The van der Waals surface area contributed by atoms with Crippen LogP contribution in [-0.2, 0) is 0 Å². The molecule has 43 heavy (non-hydrogen) atoms. The van der Waals surface area contributed by atoms with Gasteiger partial charge in [0.1, 0.15) is 0 Å². The zero-order valence-corrected chi connectivity index (χ0v) is 26.9. The number of halogens is 2. The van der Waals surface area contributed by atoms with Crippen LogP contribution in [0.4, 0.5) is 5.69 Å². The van der Waals surface area contributed by atoms with E-state index in [1.165, 1.54) is 0 Å². The highest BCUT2D eigenvalue weighted by molar-refractivity contribution is 6.36. The largest absolute Gasteiger partial charge is 0.395 e. The SMILES string of the molecule is CCCN(CCO)/C(=C/C(C)=C(\CC)N/C(=N/C1N=C(c2ccccc2Cl)c2cc(Cl)ccc2N(C)C1O)NC#N)CC. The lowest BCUT2D eigenvalue weighted by atomic mass is 10.00. The van der Waals surface area contributed by atoms with Crippen LogP contribution in [0.15, 0.2) is 75.5 Å². The lowest BCUT2D eigenvalue weighted by Gasteiger charge is -2.27. The first-order valence-electron chi connectivity index (χ1n) is 14.5. The highest BCUT2D eigenvalue weighted by Crippen LogP contribution is 2.33. The van der Waals surface area contributed by atoms with E-state index >= 15 is 0 Å². The molecule has 0 bridgehead atoms. The Balaban J connectivity index is 2.12. The first-order chi connectivity index (χ1) is 20.7. The fraction of sp³-hybridized carbons (Fsp3) is 0.406. The van der Waals surface area contributed by atoms with Crippen LogP contribution in [0.1, 0.15) is 58.1 Å². The second kappa shape index (κ2) is 16.3. The van der Waals surface area contributed by atoms with Crippen LogP contribution in [0.2, 0.25) is 10.0 Å². The number of benzene rings is 2. The first-order valence-corrected chi connectivity index (χ1v) is 15.2. The number of aliphatic hydroxyl groups is 2. The Morgan fingerprint density at radius 1 is 1.14 bits per heavy atom. The molecule has 3 rings (SSSR count). The number of aliphatic imine (C=N–C) groups is 2. The maximum Gasteiger partial charge on any atom is 0.211 e. The zero-order chi connectivity index (χ0) is 31.5. The van der Waals surface area contributed by atoms with Crippen molar-refractivity contribution in [2.45, 2.75) is 59.4 Å². The minimum atomic E-state index is -1.17. The number of nitrogens with one attached hydrogen (secondary N) is 2. The topological polar surface area (TPSA) is 120 Å². The van der Waals surface area contributed by atoms with E-state index in [2.05, 4.69) is 35.5 Å². The van der Waals surface area contributed by atoms with Gasteiger partial charge in [0.2, 0.25) is 5.96 Å². The van der Waals surface area contributed by atoms with E-state index < -0.39 is 12.4 Å². The summed E-state index contributed by atoms with van der Waals surface area (Å²) in [5.41, 5.74) is 5.51. The molecule has 11 heteroatoms. The number of fused-ring (bicyclic) bond motifs is 1. The van der Waals surface area contributed by atoms with Crippen LogP contribution in [0, 0.1) is 11.5 Å². The number of nitriles is 1. The van der Waals surface area contributed by atoms with Crippen LogP contribution in [0.3, 0.4) is 0 Å². The van der Waals surface area contributed by atoms with Gasteiger partial charge in [-0.25, -0.2) is 4.99 Å². The average Bonchev–Trinajstić information content (AvgIpc) is 3.09. The number of allylic oxidation sites excluding steroid dienone is 4. The standard InChI is InChI=1S/C32H41Cl2N7O2/c1-6-15-41(16-17-42)23(7-2)18-21(4)27(8-3)37-32(36-20-35)39-30-31(43)40(5)28-14-13-22(33)19-25(28)29(38-30)24-11-9-10-12-26(24)34/h9-14,18-19,30-31,42-43H,6-8,15-17H2,1-5H3,(H2,36,37,39)/b23-18+,27-21+. The highest BCUT2D eigenvalue weighted by Gasteiger charge is 2.31. The minimum Gasteiger partial charge on any atom is -0.395 e. The maximum absolute atomic E-state index is 11.5. The third kappa shape index (κ3) is 8.52. The van der Waals surface area contributed by atoms with Gasteiger partial charge in [-0.15, -0.1) is 0 Å². The fourth-order valence-electron chi connectivity index (χ4n) is 5.01. The molecule has 0 saturated heterocycles. The number of aliphatic hydroxyl groups excluding tert-OH is 2. The number of benzodiazepines with no additional fused rings is 1. The third-order valence-electron chi connectivity index (χ3n) is 7.20. The number of anilines is 1. The predicted octanol–water partition coefficient (Wildman–Crippen LogP) is 5.62. The fourth-order valence-corrected chi connectivity index (χ4v) is 5.41. The van der Waals surface area contributed by atoms with Crippen molar-refractivity contribution in [3.63, 3.8) is 0 Å². The van der Waals surface area contributed by atoms with E-state index in [0.29, 0.717) is 45.5 Å². The molecule has 0 fully saturated rings. The van der Waals surface area contributed by atoms with E-state index in [1.807, 2.05) is 44.3 Å². The number of guanidine groups is 1. The van der Waals surface area contributed by atoms with E-state index in [-0.39, 0.29) is 12.6 Å². The lowest BCUT2D eigenvalue weighted by molar-refractivity contribution is 0.149. The van der Waals surface area contributed by atoms with E-state index in [4.69, 9.17) is 33.2 Å². The summed E-state index contributed by atoms with van der Waals surface area (Å²) in [6.07, 6.45) is 4.25. The summed E-state index contributed by atoms with van der Waals surface area (Å²) in [5.74, 6) is 0.148. The predicted molar refractivity (Wildman–Crippen MR) is 176 cm³/mol. The molecule has 1 aliphatic rings. The van der Waals surface area contributed by atoms with Crippen molar-refractivity contribution in [2.75, 3.05) is 31.6 Å². The van der Waals surface area contributed by atoms with Crippen LogP contribution >= 0.6 is 23.2 Å². The molecule has 9 nitrogen and oxygen atoms in total. The smallest absolute Gasteiger partial charge is 0.211 e. The molecular formula is C32H41Cl2N7O2.